The Morgan fingerprint density at radius 2 is 1.91 bits per heavy atom. The summed E-state index contributed by atoms with van der Waals surface area (Å²) in [5.74, 6) is -0.127. The molecule has 116 valence electrons. The number of hydrogen-bond acceptors (Lipinski definition) is 4. The van der Waals surface area contributed by atoms with E-state index in [1.54, 1.807) is 12.1 Å². The van der Waals surface area contributed by atoms with Crippen LogP contribution in [0, 0.1) is 11.3 Å². The van der Waals surface area contributed by atoms with Crippen LogP contribution >= 0.6 is 7.75 Å². The van der Waals surface area contributed by atoms with E-state index in [9.17, 15) is 14.4 Å². The zero-order chi connectivity index (χ0) is 16.6. The fourth-order valence-corrected chi connectivity index (χ4v) is 2.62. The lowest BCUT2D eigenvalue weighted by Gasteiger charge is -2.16. The largest absolute Gasteiger partial charge is 0.432 e. The monoisotopic (exact) mass is 329 g/mol. The fraction of sp³-hybridized carbons (Fsp3) is 0.0667. The molecule has 0 amide bonds. The molecule has 0 saturated carbocycles. The van der Waals surface area contributed by atoms with Crippen molar-refractivity contribution in [1.82, 2.24) is 4.98 Å². The third kappa shape index (κ3) is 2.71. The molecule has 23 heavy (non-hydrogen) atoms. The molecular weight excluding hydrogens is 317 g/mol. The van der Waals surface area contributed by atoms with Gasteiger partial charge in [-0.25, -0.2) is 9.24 Å². The number of anilines is 1. The number of rotatable bonds is 3. The van der Waals surface area contributed by atoms with Gasteiger partial charge < -0.3 is 14.2 Å². The highest BCUT2D eigenvalue weighted by Gasteiger charge is 2.29. The van der Waals surface area contributed by atoms with Crippen LogP contribution in [0.25, 0.3) is 22.2 Å². The highest BCUT2D eigenvalue weighted by atomic mass is 31.2. The lowest BCUT2D eigenvalue weighted by atomic mass is 10.0. The first-order valence-electron chi connectivity index (χ1n) is 6.60. The summed E-state index contributed by atoms with van der Waals surface area (Å²) in [5, 5.41) is 11.0. The first-order chi connectivity index (χ1) is 10.9. The van der Waals surface area contributed by atoms with Crippen LogP contribution in [-0.2, 0) is 4.57 Å². The fourth-order valence-electron chi connectivity index (χ4n) is 2.25. The number of nitrogens with zero attached hydrogens (tertiary/aromatic N) is 3. The van der Waals surface area contributed by atoms with Crippen LogP contribution in [0.2, 0.25) is 0 Å². The topological polar surface area (TPSA) is 111 Å². The van der Waals surface area contributed by atoms with E-state index in [2.05, 4.69) is 4.98 Å². The number of oxazole rings is 1. The second-order valence-corrected chi connectivity index (χ2v) is 6.47. The predicted octanol–water partition coefficient (Wildman–Crippen LogP) is 2.90. The maximum atomic E-state index is 11.4. The number of nitriles is 1. The minimum atomic E-state index is -4.60. The van der Waals surface area contributed by atoms with E-state index in [1.165, 1.54) is 0 Å². The molecule has 2 N–H and O–H groups in total. The summed E-state index contributed by atoms with van der Waals surface area (Å²) in [6.45, 7) is 0. The first kappa shape index (κ1) is 15.3. The molecule has 0 spiro atoms. The smallest absolute Gasteiger partial charge is 0.418 e. The lowest BCUT2D eigenvalue weighted by molar-refractivity contribution is 0.367. The van der Waals surface area contributed by atoms with Gasteiger partial charge in [-0.3, -0.25) is 0 Å². The molecule has 0 radical (unpaired) electrons. The van der Waals surface area contributed by atoms with E-state index < -0.39 is 7.75 Å². The molecule has 0 unspecified atom stereocenters. The van der Waals surface area contributed by atoms with Crippen LogP contribution in [0.4, 0.5) is 5.88 Å². The Hall–Kier alpha value is -2.65. The summed E-state index contributed by atoms with van der Waals surface area (Å²) >= 11 is 0. The normalized spacial score (nSPS) is 11.4. The van der Waals surface area contributed by atoms with E-state index >= 15 is 0 Å². The van der Waals surface area contributed by atoms with E-state index in [0.29, 0.717) is 10.2 Å². The van der Waals surface area contributed by atoms with Crippen molar-refractivity contribution in [2.45, 2.75) is 0 Å². The highest BCUT2D eigenvalue weighted by molar-refractivity contribution is 7.53. The number of aromatic nitrogens is 1. The molecular formula is C15H12N3O4P. The maximum Gasteiger partial charge on any atom is 0.432 e. The third-order valence-electron chi connectivity index (χ3n) is 3.42. The lowest BCUT2D eigenvalue weighted by Crippen LogP contribution is -2.12. The van der Waals surface area contributed by atoms with Gasteiger partial charge in [-0.2, -0.15) is 10.2 Å². The first-order valence-corrected chi connectivity index (χ1v) is 8.17. The van der Waals surface area contributed by atoms with Crippen LogP contribution in [0.3, 0.4) is 0 Å². The van der Waals surface area contributed by atoms with Gasteiger partial charge in [-0.05, 0) is 16.8 Å². The molecule has 0 aliphatic rings. The van der Waals surface area contributed by atoms with Gasteiger partial charge in [0, 0.05) is 12.6 Å². The molecule has 0 aliphatic carbocycles. The summed E-state index contributed by atoms with van der Waals surface area (Å²) in [5.41, 5.74) is 0.462. The molecule has 2 aromatic carbocycles. The molecule has 0 saturated heterocycles. The Bertz CT molecular complexity index is 965. The Morgan fingerprint density at radius 1 is 1.22 bits per heavy atom. The summed E-state index contributed by atoms with van der Waals surface area (Å²) in [7, 11) is -3.45. The van der Waals surface area contributed by atoms with Crippen molar-refractivity contribution in [3.8, 4) is 17.5 Å². The quantitative estimate of drug-likeness (QED) is 0.711. The molecule has 0 fully saturated rings. The van der Waals surface area contributed by atoms with E-state index in [1.807, 2.05) is 36.4 Å². The van der Waals surface area contributed by atoms with Crippen LogP contribution in [-0.4, -0.2) is 21.8 Å². The van der Waals surface area contributed by atoms with Crippen molar-refractivity contribution in [1.29, 1.82) is 5.26 Å². The van der Waals surface area contributed by atoms with Gasteiger partial charge in [0.05, 0.1) is 0 Å². The van der Waals surface area contributed by atoms with Gasteiger partial charge in [0.1, 0.15) is 6.07 Å². The van der Waals surface area contributed by atoms with Gasteiger partial charge in [0.2, 0.25) is 17.5 Å². The molecule has 1 heterocycles. The highest BCUT2D eigenvalue weighted by Crippen LogP contribution is 2.44. The summed E-state index contributed by atoms with van der Waals surface area (Å²) in [6.07, 6.45) is 0. The van der Waals surface area contributed by atoms with E-state index in [-0.39, 0.29) is 17.5 Å². The molecule has 0 atom stereocenters. The Balaban J connectivity index is 2.20. The summed E-state index contributed by atoms with van der Waals surface area (Å²) in [6, 6.07) is 14.9. The zero-order valence-electron chi connectivity index (χ0n) is 12.0. The van der Waals surface area contributed by atoms with Crippen molar-refractivity contribution in [3.05, 3.63) is 48.2 Å². The van der Waals surface area contributed by atoms with Crippen LogP contribution in [0.5, 0.6) is 0 Å². The standard InChI is InChI=1S/C15H12N3O4P/c1-18(23(19,20)21)15-13(9-16)17-14(22-15)12-8-4-6-10-5-2-3-7-11(10)12/h2-8H,1H3,(H2,19,20,21). The number of benzene rings is 2. The molecule has 7 nitrogen and oxygen atoms in total. The molecule has 8 heteroatoms. The Morgan fingerprint density at radius 3 is 2.61 bits per heavy atom. The van der Waals surface area contributed by atoms with Crippen LogP contribution in [0.1, 0.15) is 5.69 Å². The number of hydrogen-bond donors (Lipinski definition) is 2. The molecule has 3 aromatic rings. The van der Waals surface area contributed by atoms with Crippen molar-refractivity contribution < 1.29 is 18.8 Å². The van der Waals surface area contributed by atoms with Crippen molar-refractivity contribution in [2.24, 2.45) is 0 Å². The van der Waals surface area contributed by atoms with E-state index in [4.69, 9.17) is 9.68 Å². The second-order valence-electron chi connectivity index (χ2n) is 4.85. The van der Waals surface area contributed by atoms with Gasteiger partial charge >= 0.3 is 7.75 Å². The van der Waals surface area contributed by atoms with Crippen LogP contribution in [0.15, 0.2) is 46.9 Å². The molecule has 3 rings (SSSR count). The van der Waals surface area contributed by atoms with E-state index in [0.717, 1.165) is 17.8 Å². The minimum absolute atomic E-state index is 0.133. The van der Waals surface area contributed by atoms with Crippen molar-refractivity contribution >= 4 is 24.4 Å². The Kier molecular flexibility index (Phi) is 3.66. The van der Waals surface area contributed by atoms with Crippen LogP contribution < -0.4 is 4.67 Å². The third-order valence-corrected chi connectivity index (χ3v) is 4.38. The number of fused-ring (bicyclic) bond motifs is 1. The van der Waals surface area contributed by atoms with Gasteiger partial charge in [0.25, 0.3) is 0 Å². The molecule has 0 bridgehead atoms. The summed E-state index contributed by atoms with van der Waals surface area (Å²) < 4.78 is 17.5. The molecule has 1 aromatic heterocycles. The van der Waals surface area contributed by atoms with Gasteiger partial charge in [-0.15, -0.1) is 0 Å². The maximum absolute atomic E-state index is 11.4. The minimum Gasteiger partial charge on any atom is -0.418 e. The van der Waals surface area contributed by atoms with Gasteiger partial charge in [0.15, 0.2) is 0 Å². The SMILES string of the molecule is CN(c1oc(-c2cccc3ccccc23)nc1C#N)P(=O)(O)O. The zero-order valence-corrected chi connectivity index (χ0v) is 12.9. The molecule has 0 aliphatic heterocycles. The van der Waals surface area contributed by atoms with Gasteiger partial charge in [-0.1, -0.05) is 36.4 Å². The predicted molar refractivity (Wildman–Crippen MR) is 84.6 cm³/mol. The Labute approximate surface area is 131 Å². The summed E-state index contributed by atoms with van der Waals surface area (Å²) in [4.78, 5) is 22.6. The average molecular weight is 329 g/mol. The van der Waals surface area contributed by atoms with Crippen molar-refractivity contribution in [2.75, 3.05) is 11.7 Å². The van der Waals surface area contributed by atoms with Crippen molar-refractivity contribution in [3.63, 3.8) is 0 Å². The average Bonchev–Trinajstić information content (AvgIpc) is 2.96. The second kappa shape index (κ2) is 5.52.